The van der Waals surface area contributed by atoms with Crippen molar-refractivity contribution in [2.75, 3.05) is 30.3 Å². The van der Waals surface area contributed by atoms with Crippen molar-refractivity contribution < 1.29 is 17.9 Å². The predicted octanol–water partition coefficient (Wildman–Crippen LogP) is 2.96. The first-order chi connectivity index (χ1) is 13.5. The van der Waals surface area contributed by atoms with E-state index in [9.17, 15) is 8.42 Å². The molecule has 7 nitrogen and oxygen atoms in total. The number of anilines is 2. The molecule has 9 heteroatoms. The van der Waals surface area contributed by atoms with Crippen LogP contribution in [0.1, 0.15) is 12.8 Å². The monoisotopic (exact) mass is 421 g/mol. The average molecular weight is 422 g/mol. The molecule has 1 aliphatic rings. The molecule has 0 bridgehead atoms. The number of benzene rings is 2. The molecule has 1 aliphatic heterocycles. The van der Waals surface area contributed by atoms with E-state index < -0.39 is 10.0 Å². The van der Waals surface area contributed by atoms with E-state index in [0.29, 0.717) is 28.8 Å². The Kier molecular flexibility index (Phi) is 6.71. The van der Waals surface area contributed by atoms with Crippen molar-refractivity contribution >= 4 is 38.7 Å². The topological polar surface area (TPSA) is 88.7 Å². The van der Waals surface area contributed by atoms with E-state index >= 15 is 0 Å². The minimum atomic E-state index is -3.68. The Bertz CT molecular complexity index is 894. The second kappa shape index (κ2) is 9.22. The first-order valence-corrected chi connectivity index (χ1v) is 10.8. The van der Waals surface area contributed by atoms with Crippen LogP contribution in [0.5, 0.6) is 5.75 Å². The molecule has 1 saturated heterocycles. The molecule has 1 heterocycles. The van der Waals surface area contributed by atoms with E-state index in [4.69, 9.17) is 21.7 Å². The molecule has 0 radical (unpaired) electrons. The Morgan fingerprint density at radius 1 is 1.14 bits per heavy atom. The Morgan fingerprint density at radius 2 is 1.82 bits per heavy atom. The van der Waals surface area contributed by atoms with Gasteiger partial charge in [-0.1, -0.05) is 0 Å². The lowest BCUT2D eigenvalue weighted by atomic mass is 10.2. The van der Waals surface area contributed by atoms with Gasteiger partial charge in [-0.3, -0.25) is 4.72 Å². The smallest absolute Gasteiger partial charge is 0.261 e. The van der Waals surface area contributed by atoms with Crippen molar-refractivity contribution in [3.63, 3.8) is 0 Å². The van der Waals surface area contributed by atoms with E-state index in [2.05, 4.69) is 15.4 Å². The van der Waals surface area contributed by atoms with Gasteiger partial charge in [0.2, 0.25) is 0 Å². The number of rotatable bonds is 7. The maximum Gasteiger partial charge on any atom is 0.261 e. The van der Waals surface area contributed by atoms with E-state index in [0.717, 1.165) is 19.4 Å². The average Bonchev–Trinajstić information content (AvgIpc) is 3.21. The number of nitrogens with one attached hydrogen (secondary N) is 3. The molecule has 0 saturated carbocycles. The van der Waals surface area contributed by atoms with Gasteiger partial charge in [-0.05, 0) is 73.6 Å². The van der Waals surface area contributed by atoms with Crippen LogP contribution < -0.4 is 20.1 Å². The van der Waals surface area contributed by atoms with Gasteiger partial charge in [0.05, 0.1) is 18.1 Å². The minimum absolute atomic E-state index is 0.159. The van der Waals surface area contributed by atoms with Crippen LogP contribution in [0.2, 0.25) is 0 Å². The van der Waals surface area contributed by atoms with Crippen molar-refractivity contribution in [2.24, 2.45) is 0 Å². The maximum absolute atomic E-state index is 12.5. The highest BCUT2D eigenvalue weighted by molar-refractivity contribution is 7.92. The number of ether oxygens (including phenoxy) is 2. The van der Waals surface area contributed by atoms with Crippen LogP contribution in [0, 0.1) is 0 Å². The Hall–Kier alpha value is -2.36. The lowest BCUT2D eigenvalue weighted by Crippen LogP contribution is -2.34. The number of hydrogen-bond acceptors (Lipinski definition) is 5. The summed E-state index contributed by atoms with van der Waals surface area (Å²) in [7, 11) is -2.13. The molecule has 28 heavy (non-hydrogen) atoms. The lowest BCUT2D eigenvalue weighted by Gasteiger charge is -2.14. The van der Waals surface area contributed by atoms with Crippen LogP contribution in [0.3, 0.4) is 0 Å². The van der Waals surface area contributed by atoms with Crippen molar-refractivity contribution in [3.8, 4) is 5.75 Å². The Balaban J connectivity index is 1.56. The summed E-state index contributed by atoms with van der Waals surface area (Å²) in [6.45, 7) is 1.46. The summed E-state index contributed by atoms with van der Waals surface area (Å²) in [6, 6.07) is 13.1. The molecular formula is C19H23N3O4S2. The maximum atomic E-state index is 12.5. The van der Waals surface area contributed by atoms with Gasteiger partial charge in [0.1, 0.15) is 5.75 Å². The molecule has 1 unspecified atom stereocenters. The molecule has 0 spiro atoms. The lowest BCUT2D eigenvalue weighted by molar-refractivity contribution is 0.114. The van der Waals surface area contributed by atoms with Crippen LogP contribution in [0.25, 0.3) is 0 Å². The summed E-state index contributed by atoms with van der Waals surface area (Å²) < 4.78 is 38.2. The van der Waals surface area contributed by atoms with Gasteiger partial charge < -0.3 is 20.1 Å². The highest BCUT2D eigenvalue weighted by Crippen LogP contribution is 2.20. The fourth-order valence-electron chi connectivity index (χ4n) is 2.78. The minimum Gasteiger partial charge on any atom is -0.497 e. The summed E-state index contributed by atoms with van der Waals surface area (Å²) in [5, 5.41) is 6.63. The standard InChI is InChI=1S/C19H23N3O4S2/c1-25-16-8-4-15(5-9-16)22-28(23,24)18-10-6-14(7-11-18)21-19(27)20-13-17-3-2-12-26-17/h4-11,17,22H,2-3,12-13H2,1H3,(H2,20,21,27). The Labute approximate surface area is 170 Å². The summed E-state index contributed by atoms with van der Waals surface area (Å²) in [5.74, 6) is 0.655. The third-order valence-corrected chi connectivity index (χ3v) is 5.92. The van der Waals surface area contributed by atoms with E-state index in [1.807, 2.05) is 0 Å². The Morgan fingerprint density at radius 3 is 2.43 bits per heavy atom. The zero-order valence-electron chi connectivity index (χ0n) is 15.5. The van der Waals surface area contributed by atoms with Gasteiger partial charge in [0.15, 0.2) is 5.11 Å². The van der Waals surface area contributed by atoms with Crippen molar-refractivity contribution in [2.45, 2.75) is 23.8 Å². The molecular weight excluding hydrogens is 398 g/mol. The molecule has 1 fully saturated rings. The zero-order chi connectivity index (χ0) is 20.0. The molecule has 0 aliphatic carbocycles. The number of sulfonamides is 1. The zero-order valence-corrected chi connectivity index (χ0v) is 17.1. The van der Waals surface area contributed by atoms with Gasteiger partial charge in [-0.25, -0.2) is 8.42 Å². The second-order valence-electron chi connectivity index (χ2n) is 6.33. The summed E-state index contributed by atoms with van der Waals surface area (Å²) in [5.41, 5.74) is 1.16. The van der Waals surface area contributed by atoms with Crippen molar-refractivity contribution in [1.29, 1.82) is 0 Å². The van der Waals surface area contributed by atoms with E-state index in [1.165, 1.54) is 12.1 Å². The van der Waals surface area contributed by atoms with Crippen molar-refractivity contribution in [1.82, 2.24) is 5.32 Å². The molecule has 2 aromatic carbocycles. The molecule has 2 aromatic rings. The van der Waals surface area contributed by atoms with Gasteiger partial charge in [0, 0.05) is 24.5 Å². The summed E-state index contributed by atoms with van der Waals surface area (Å²) >= 11 is 5.27. The summed E-state index contributed by atoms with van der Waals surface area (Å²) in [4.78, 5) is 0.159. The fourth-order valence-corrected chi connectivity index (χ4v) is 4.04. The number of methoxy groups -OCH3 is 1. The van der Waals surface area contributed by atoms with Crippen LogP contribution in [0.4, 0.5) is 11.4 Å². The van der Waals surface area contributed by atoms with Crippen LogP contribution in [-0.2, 0) is 14.8 Å². The molecule has 3 N–H and O–H groups in total. The largest absolute Gasteiger partial charge is 0.497 e. The highest BCUT2D eigenvalue weighted by Gasteiger charge is 2.16. The number of thiocarbonyl (C=S) groups is 1. The van der Waals surface area contributed by atoms with Crippen LogP contribution >= 0.6 is 12.2 Å². The van der Waals surface area contributed by atoms with Gasteiger partial charge in [-0.15, -0.1) is 0 Å². The van der Waals surface area contributed by atoms with E-state index in [1.54, 1.807) is 43.5 Å². The number of hydrogen-bond donors (Lipinski definition) is 3. The normalized spacial score (nSPS) is 16.4. The summed E-state index contributed by atoms with van der Waals surface area (Å²) in [6.07, 6.45) is 2.30. The molecule has 0 amide bonds. The van der Waals surface area contributed by atoms with Gasteiger partial charge in [-0.2, -0.15) is 0 Å². The molecule has 3 rings (SSSR count). The molecule has 0 aromatic heterocycles. The fraction of sp³-hybridized carbons (Fsp3) is 0.316. The highest BCUT2D eigenvalue weighted by atomic mass is 32.2. The molecule has 150 valence electrons. The second-order valence-corrected chi connectivity index (χ2v) is 8.42. The quantitative estimate of drug-likeness (QED) is 0.592. The SMILES string of the molecule is COc1ccc(NS(=O)(=O)c2ccc(NC(=S)NCC3CCCO3)cc2)cc1. The molecule has 1 atom stereocenters. The van der Waals surface area contributed by atoms with Crippen molar-refractivity contribution in [3.05, 3.63) is 48.5 Å². The first-order valence-electron chi connectivity index (χ1n) is 8.90. The van der Waals surface area contributed by atoms with E-state index in [-0.39, 0.29) is 11.0 Å². The third kappa shape index (κ3) is 5.57. The van der Waals surface area contributed by atoms with Gasteiger partial charge in [0.25, 0.3) is 10.0 Å². The third-order valence-electron chi connectivity index (χ3n) is 4.28. The van der Waals surface area contributed by atoms with Gasteiger partial charge >= 0.3 is 0 Å². The first kappa shape index (κ1) is 20.4. The van der Waals surface area contributed by atoms with Crippen LogP contribution in [-0.4, -0.2) is 39.9 Å². The van der Waals surface area contributed by atoms with Crippen LogP contribution in [0.15, 0.2) is 53.4 Å². The predicted molar refractivity (Wildman–Crippen MR) is 113 cm³/mol.